The second-order valence-corrected chi connectivity index (χ2v) is 10.0. The third-order valence-corrected chi connectivity index (χ3v) is 6.70. The third kappa shape index (κ3) is 6.05. The molecule has 3 rings (SSSR count). The lowest BCUT2D eigenvalue weighted by molar-refractivity contribution is -0.148. The number of amides is 1. The molecule has 6 heteroatoms. The van der Waals surface area contributed by atoms with Crippen LogP contribution in [0, 0.1) is 17.3 Å². The molecule has 0 saturated carbocycles. The van der Waals surface area contributed by atoms with Crippen molar-refractivity contribution in [1.29, 1.82) is 0 Å². The van der Waals surface area contributed by atoms with E-state index in [4.69, 9.17) is 9.47 Å². The predicted octanol–water partition coefficient (Wildman–Crippen LogP) is 5.62. The van der Waals surface area contributed by atoms with Gasteiger partial charge in [0.15, 0.2) is 0 Å². The molecule has 1 aromatic carbocycles. The molecule has 0 radical (unpaired) electrons. The number of likely N-dealkylation sites (tertiary alicyclic amines) is 1. The van der Waals surface area contributed by atoms with Crippen LogP contribution in [0.5, 0.6) is 5.75 Å². The minimum Gasteiger partial charge on any atom is -0.493 e. The maximum absolute atomic E-state index is 11.9. The number of rotatable bonds is 6. The molecule has 32 heavy (non-hydrogen) atoms. The summed E-state index contributed by atoms with van der Waals surface area (Å²) in [5.74, 6) is 1.07. The van der Waals surface area contributed by atoms with E-state index in [1.54, 1.807) is 4.90 Å². The predicted molar refractivity (Wildman–Crippen MR) is 125 cm³/mol. The fraction of sp³-hybridized carbons (Fsp3) is 0.615. The van der Waals surface area contributed by atoms with Crippen molar-refractivity contribution in [3.05, 3.63) is 35.9 Å². The largest absolute Gasteiger partial charge is 0.493 e. The maximum Gasteiger partial charge on any atom is 0.407 e. The first-order valence-electron chi connectivity index (χ1n) is 11.8. The van der Waals surface area contributed by atoms with Crippen LogP contribution in [-0.4, -0.2) is 47.9 Å². The Balaban J connectivity index is 1.53. The zero-order valence-electron chi connectivity index (χ0n) is 19.8. The summed E-state index contributed by atoms with van der Waals surface area (Å²) in [6.45, 7) is 9.74. The number of hydrogen-bond donors (Lipinski definition) is 1. The van der Waals surface area contributed by atoms with Crippen LogP contribution in [0.4, 0.5) is 4.79 Å². The fourth-order valence-corrected chi connectivity index (χ4v) is 4.79. The van der Waals surface area contributed by atoms with Crippen molar-refractivity contribution < 1.29 is 24.2 Å². The van der Waals surface area contributed by atoms with Crippen LogP contribution >= 0.6 is 0 Å². The Morgan fingerprint density at radius 3 is 2.44 bits per heavy atom. The molecule has 1 heterocycles. The topological polar surface area (TPSA) is 76.1 Å². The maximum atomic E-state index is 11.9. The van der Waals surface area contributed by atoms with Gasteiger partial charge in [-0.25, -0.2) is 4.79 Å². The van der Waals surface area contributed by atoms with Crippen molar-refractivity contribution >= 4 is 17.6 Å². The van der Waals surface area contributed by atoms with E-state index in [-0.39, 0.29) is 23.3 Å². The van der Waals surface area contributed by atoms with E-state index in [1.165, 1.54) is 11.1 Å². The first kappa shape index (κ1) is 24.1. The summed E-state index contributed by atoms with van der Waals surface area (Å²) in [6, 6.07) is 8.16. The second kappa shape index (κ2) is 10.4. The number of allylic oxidation sites excluding steroid dienone is 2. The summed E-state index contributed by atoms with van der Waals surface area (Å²) >= 11 is 0. The average molecular weight is 444 g/mol. The van der Waals surface area contributed by atoms with Crippen molar-refractivity contribution in [2.45, 2.75) is 65.8 Å². The second-order valence-electron chi connectivity index (χ2n) is 10.0. The Hall–Kier alpha value is -2.50. The monoisotopic (exact) mass is 443 g/mol. The van der Waals surface area contributed by atoms with E-state index < -0.39 is 6.09 Å². The number of carbonyl (C=O) groups is 2. The molecular formula is C26H37NO5. The molecule has 0 bridgehead atoms. The van der Waals surface area contributed by atoms with Crippen LogP contribution in [0.3, 0.4) is 0 Å². The Bertz CT molecular complexity index is 824. The molecule has 1 aliphatic carbocycles. The first-order chi connectivity index (χ1) is 15.2. The summed E-state index contributed by atoms with van der Waals surface area (Å²) in [5.41, 5.74) is 2.34. The lowest BCUT2D eigenvalue weighted by atomic mass is 9.77. The van der Waals surface area contributed by atoms with Crippen LogP contribution in [0.25, 0.3) is 5.57 Å². The Labute approximate surface area is 191 Å². The van der Waals surface area contributed by atoms with E-state index in [9.17, 15) is 14.7 Å². The molecule has 1 amide bonds. The van der Waals surface area contributed by atoms with Gasteiger partial charge in [-0.3, -0.25) is 4.79 Å². The van der Waals surface area contributed by atoms with Gasteiger partial charge in [-0.15, -0.1) is 0 Å². The van der Waals surface area contributed by atoms with Gasteiger partial charge >= 0.3 is 12.1 Å². The van der Waals surface area contributed by atoms with E-state index in [0.29, 0.717) is 25.7 Å². The van der Waals surface area contributed by atoms with Crippen molar-refractivity contribution in [1.82, 2.24) is 4.90 Å². The van der Waals surface area contributed by atoms with E-state index in [0.717, 1.165) is 37.9 Å². The van der Waals surface area contributed by atoms with Crippen LogP contribution in [0.1, 0.15) is 65.4 Å². The summed E-state index contributed by atoms with van der Waals surface area (Å²) in [7, 11) is 0. The normalized spacial score (nSPS) is 23.9. The van der Waals surface area contributed by atoms with Gasteiger partial charge in [0, 0.05) is 12.6 Å². The van der Waals surface area contributed by atoms with Crippen molar-refractivity contribution in [3.63, 3.8) is 0 Å². The molecule has 3 unspecified atom stereocenters. The number of carbonyl (C=O) groups excluding carboxylic acids is 1. The molecule has 6 nitrogen and oxygen atoms in total. The van der Waals surface area contributed by atoms with Gasteiger partial charge < -0.3 is 19.5 Å². The van der Waals surface area contributed by atoms with Gasteiger partial charge in [-0.05, 0) is 73.6 Å². The molecule has 0 spiro atoms. The van der Waals surface area contributed by atoms with Crippen LogP contribution in [0.2, 0.25) is 0 Å². The summed E-state index contributed by atoms with van der Waals surface area (Å²) in [5, 5.41) is 9.53. The minimum absolute atomic E-state index is 0.00129. The van der Waals surface area contributed by atoms with Gasteiger partial charge in [0.05, 0.1) is 19.1 Å². The van der Waals surface area contributed by atoms with E-state index in [2.05, 4.69) is 39.0 Å². The number of piperidine rings is 1. The Kier molecular flexibility index (Phi) is 7.86. The molecule has 1 aliphatic heterocycles. The number of carboxylic acid groups (broad SMARTS) is 1. The highest BCUT2D eigenvalue weighted by atomic mass is 16.5. The quantitative estimate of drug-likeness (QED) is 0.578. The van der Waals surface area contributed by atoms with Crippen LogP contribution in [0.15, 0.2) is 30.3 Å². The highest BCUT2D eigenvalue weighted by molar-refractivity contribution is 5.75. The zero-order valence-corrected chi connectivity index (χ0v) is 19.8. The van der Waals surface area contributed by atoms with Gasteiger partial charge in [-0.1, -0.05) is 39.0 Å². The van der Waals surface area contributed by atoms with Crippen LogP contribution in [-0.2, 0) is 9.53 Å². The van der Waals surface area contributed by atoms with Gasteiger partial charge in [0.2, 0.25) is 0 Å². The Morgan fingerprint density at radius 1 is 1.16 bits per heavy atom. The van der Waals surface area contributed by atoms with Crippen molar-refractivity contribution in [2.75, 3.05) is 19.8 Å². The Morgan fingerprint density at radius 2 is 1.88 bits per heavy atom. The molecule has 1 fully saturated rings. The molecule has 0 aromatic heterocycles. The van der Waals surface area contributed by atoms with Crippen LogP contribution < -0.4 is 4.74 Å². The number of esters is 1. The summed E-state index contributed by atoms with van der Waals surface area (Å²) in [6.07, 6.45) is 5.41. The molecular weight excluding hydrogens is 406 g/mol. The van der Waals surface area contributed by atoms with Gasteiger partial charge in [-0.2, -0.15) is 0 Å². The molecule has 1 aromatic rings. The van der Waals surface area contributed by atoms with Gasteiger partial charge in [0.1, 0.15) is 5.75 Å². The summed E-state index contributed by atoms with van der Waals surface area (Å²) < 4.78 is 11.2. The lowest BCUT2D eigenvalue weighted by Gasteiger charge is -2.44. The highest BCUT2D eigenvalue weighted by Gasteiger charge is 2.38. The SMILES string of the molecule is CCOC(=O)C1CC=C(c2ccc(OCC3CCN(C(=O)O)C(C(C)(C)C)C3)cc2)CC1. The fourth-order valence-electron chi connectivity index (χ4n) is 4.79. The molecule has 3 atom stereocenters. The van der Waals surface area contributed by atoms with Crippen molar-refractivity contribution in [3.8, 4) is 5.75 Å². The lowest BCUT2D eigenvalue weighted by Crippen LogP contribution is -2.52. The molecule has 1 saturated heterocycles. The first-order valence-corrected chi connectivity index (χ1v) is 11.8. The molecule has 176 valence electrons. The minimum atomic E-state index is -0.828. The smallest absolute Gasteiger partial charge is 0.407 e. The number of benzene rings is 1. The van der Waals surface area contributed by atoms with E-state index in [1.807, 2.05) is 19.1 Å². The van der Waals surface area contributed by atoms with Crippen molar-refractivity contribution in [2.24, 2.45) is 17.3 Å². The summed E-state index contributed by atoms with van der Waals surface area (Å²) in [4.78, 5) is 25.1. The zero-order chi connectivity index (χ0) is 23.3. The van der Waals surface area contributed by atoms with E-state index >= 15 is 0 Å². The third-order valence-electron chi connectivity index (χ3n) is 6.70. The number of nitrogens with zero attached hydrogens (tertiary/aromatic N) is 1. The van der Waals surface area contributed by atoms with Gasteiger partial charge in [0.25, 0.3) is 0 Å². The standard InChI is InChI=1S/C26H37NO5/c1-5-31-24(28)21-8-6-19(7-9-21)20-10-12-22(13-11-20)32-17-18-14-15-27(25(29)30)23(16-18)26(2,3)4/h6,10-13,18,21,23H,5,7-9,14-17H2,1-4H3,(H,29,30). The number of hydrogen-bond acceptors (Lipinski definition) is 4. The molecule has 2 aliphatic rings. The highest BCUT2D eigenvalue weighted by Crippen LogP contribution is 2.35. The average Bonchev–Trinajstić information content (AvgIpc) is 2.77. The molecule has 1 N–H and O–H groups in total. The number of ether oxygens (including phenoxy) is 2.